The summed E-state index contributed by atoms with van der Waals surface area (Å²) in [6, 6.07) is 0. The second-order valence-corrected chi connectivity index (χ2v) is 4.31. The lowest BCUT2D eigenvalue weighted by Gasteiger charge is -2.04. The number of ketones is 1. The summed E-state index contributed by atoms with van der Waals surface area (Å²) in [5.41, 5.74) is 0. The fourth-order valence-electron chi connectivity index (χ4n) is 1.71. The second-order valence-electron chi connectivity index (χ2n) is 4.31. The Kier molecular flexibility index (Phi) is 2.36. The first-order chi connectivity index (χ1) is 5.04. The molecule has 1 aliphatic carbocycles. The molecule has 1 rings (SSSR count). The van der Waals surface area contributed by atoms with Crippen molar-refractivity contribution < 1.29 is 4.79 Å². The average molecular weight is 154 g/mol. The van der Waals surface area contributed by atoms with Gasteiger partial charge in [-0.15, -0.1) is 0 Å². The number of carbonyl (C=O) groups excluding carboxylic acids is 1. The monoisotopic (exact) mass is 154 g/mol. The van der Waals surface area contributed by atoms with E-state index in [-0.39, 0.29) is 5.92 Å². The van der Waals surface area contributed by atoms with Crippen LogP contribution in [0, 0.1) is 23.7 Å². The van der Waals surface area contributed by atoms with Crippen molar-refractivity contribution in [2.24, 2.45) is 23.7 Å². The summed E-state index contributed by atoms with van der Waals surface area (Å²) < 4.78 is 0. The summed E-state index contributed by atoms with van der Waals surface area (Å²) in [6.07, 6.45) is 1.15. The third kappa shape index (κ3) is 1.82. The molecule has 0 heterocycles. The number of carbonyl (C=O) groups is 1. The van der Waals surface area contributed by atoms with Crippen LogP contribution in [0.3, 0.4) is 0 Å². The minimum Gasteiger partial charge on any atom is -0.299 e. The lowest BCUT2D eigenvalue weighted by Crippen LogP contribution is -2.11. The molecule has 1 aliphatic rings. The zero-order chi connectivity index (χ0) is 8.59. The van der Waals surface area contributed by atoms with Gasteiger partial charge in [-0.3, -0.25) is 4.79 Å². The molecule has 1 fully saturated rings. The fourth-order valence-corrected chi connectivity index (χ4v) is 1.71. The Balaban J connectivity index is 2.38. The Morgan fingerprint density at radius 1 is 1.27 bits per heavy atom. The van der Waals surface area contributed by atoms with E-state index in [1.54, 1.807) is 0 Å². The van der Waals surface area contributed by atoms with Gasteiger partial charge in [-0.05, 0) is 18.3 Å². The van der Waals surface area contributed by atoms with Crippen molar-refractivity contribution in [3.05, 3.63) is 0 Å². The fraction of sp³-hybridized carbons (Fsp3) is 0.900. The molecule has 1 saturated carbocycles. The van der Waals surface area contributed by atoms with Crippen LogP contribution in [-0.4, -0.2) is 5.78 Å². The van der Waals surface area contributed by atoms with Crippen LogP contribution in [0.1, 0.15) is 34.1 Å². The first-order valence-corrected chi connectivity index (χ1v) is 4.57. The lowest BCUT2D eigenvalue weighted by atomic mass is 10.00. The quantitative estimate of drug-likeness (QED) is 0.610. The van der Waals surface area contributed by atoms with Crippen LogP contribution < -0.4 is 0 Å². The van der Waals surface area contributed by atoms with E-state index in [2.05, 4.69) is 13.8 Å². The van der Waals surface area contributed by atoms with Gasteiger partial charge in [-0.2, -0.15) is 0 Å². The van der Waals surface area contributed by atoms with Gasteiger partial charge < -0.3 is 0 Å². The highest BCUT2D eigenvalue weighted by molar-refractivity contribution is 5.85. The summed E-state index contributed by atoms with van der Waals surface area (Å²) in [4.78, 5) is 11.4. The minimum atomic E-state index is 0.240. The highest BCUT2D eigenvalue weighted by Gasteiger charge is 2.44. The standard InChI is InChI=1S/C10H18O/c1-6(2)8-5-9(8)10(11)7(3)4/h6-9H,5H2,1-4H3. The van der Waals surface area contributed by atoms with E-state index < -0.39 is 0 Å². The van der Waals surface area contributed by atoms with E-state index in [4.69, 9.17) is 0 Å². The lowest BCUT2D eigenvalue weighted by molar-refractivity contribution is -0.123. The van der Waals surface area contributed by atoms with E-state index in [1.807, 2.05) is 13.8 Å². The third-order valence-corrected chi connectivity index (χ3v) is 2.63. The van der Waals surface area contributed by atoms with Crippen LogP contribution in [0.5, 0.6) is 0 Å². The summed E-state index contributed by atoms with van der Waals surface area (Å²) in [6.45, 7) is 8.41. The molecule has 2 unspecified atom stereocenters. The van der Waals surface area contributed by atoms with Gasteiger partial charge in [0.2, 0.25) is 0 Å². The largest absolute Gasteiger partial charge is 0.299 e. The SMILES string of the molecule is CC(C)C(=O)C1CC1C(C)C. The summed E-state index contributed by atoms with van der Waals surface area (Å²) >= 11 is 0. The van der Waals surface area contributed by atoms with Crippen molar-refractivity contribution >= 4 is 5.78 Å². The van der Waals surface area contributed by atoms with Gasteiger partial charge in [0.05, 0.1) is 0 Å². The topological polar surface area (TPSA) is 17.1 Å². The molecule has 11 heavy (non-hydrogen) atoms. The smallest absolute Gasteiger partial charge is 0.138 e. The van der Waals surface area contributed by atoms with E-state index >= 15 is 0 Å². The molecular weight excluding hydrogens is 136 g/mol. The second kappa shape index (κ2) is 2.96. The van der Waals surface area contributed by atoms with E-state index in [0.29, 0.717) is 23.5 Å². The van der Waals surface area contributed by atoms with Gasteiger partial charge in [0.1, 0.15) is 5.78 Å². The van der Waals surface area contributed by atoms with E-state index in [1.165, 1.54) is 0 Å². The van der Waals surface area contributed by atoms with Gasteiger partial charge in [0.25, 0.3) is 0 Å². The Morgan fingerprint density at radius 3 is 2.09 bits per heavy atom. The molecule has 0 N–H and O–H groups in total. The molecule has 1 heteroatoms. The summed E-state index contributed by atoms with van der Waals surface area (Å²) in [5, 5.41) is 0. The maximum Gasteiger partial charge on any atom is 0.138 e. The molecule has 0 aromatic rings. The third-order valence-electron chi connectivity index (χ3n) is 2.63. The number of hydrogen-bond acceptors (Lipinski definition) is 1. The summed E-state index contributed by atoms with van der Waals surface area (Å²) in [5.74, 6) is 2.52. The van der Waals surface area contributed by atoms with Crippen LogP contribution >= 0.6 is 0 Å². The van der Waals surface area contributed by atoms with Crippen LogP contribution in [0.4, 0.5) is 0 Å². The van der Waals surface area contributed by atoms with Gasteiger partial charge in [0.15, 0.2) is 0 Å². The van der Waals surface area contributed by atoms with Crippen molar-refractivity contribution in [1.29, 1.82) is 0 Å². The average Bonchev–Trinajstić information content (AvgIpc) is 2.63. The van der Waals surface area contributed by atoms with Gasteiger partial charge in [-0.25, -0.2) is 0 Å². The predicted molar refractivity (Wildman–Crippen MR) is 46.3 cm³/mol. The number of hydrogen-bond donors (Lipinski definition) is 0. The van der Waals surface area contributed by atoms with Crippen LogP contribution in [0.25, 0.3) is 0 Å². The Hall–Kier alpha value is -0.330. The first-order valence-electron chi connectivity index (χ1n) is 4.57. The summed E-state index contributed by atoms with van der Waals surface area (Å²) in [7, 11) is 0. The molecule has 0 aromatic heterocycles. The van der Waals surface area contributed by atoms with Crippen molar-refractivity contribution in [3.63, 3.8) is 0 Å². The maximum atomic E-state index is 11.4. The zero-order valence-corrected chi connectivity index (χ0v) is 7.92. The van der Waals surface area contributed by atoms with Crippen molar-refractivity contribution in [3.8, 4) is 0 Å². The molecule has 0 saturated heterocycles. The molecule has 64 valence electrons. The maximum absolute atomic E-state index is 11.4. The molecule has 0 radical (unpaired) electrons. The van der Waals surface area contributed by atoms with Gasteiger partial charge in [0, 0.05) is 11.8 Å². The molecule has 1 nitrogen and oxygen atoms in total. The van der Waals surface area contributed by atoms with Crippen LogP contribution in [-0.2, 0) is 4.79 Å². The molecule has 0 spiro atoms. The van der Waals surface area contributed by atoms with Crippen LogP contribution in [0.2, 0.25) is 0 Å². The highest BCUT2D eigenvalue weighted by Crippen LogP contribution is 2.45. The minimum absolute atomic E-state index is 0.240. The van der Waals surface area contributed by atoms with Gasteiger partial charge in [-0.1, -0.05) is 27.7 Å². The molecular formula is C10H18O. The predicted octanol–water partition coefficient (Wildman–Crippen LogP) is 2.50. The van der Waals surface area contributed by atoms with Crippen molar-refractivity contribution in [1.82, 2.24) is 0 Å². The molecule has 0 aromatic carbocycles. The number of rotatable bonds is 3. The molecule has 2 atom stereocenters. The zero-order valence-electron chi connectivity index (χ0n) is 7.92. The normalized spacial score (nSPS) is 29.6. The first kappa shape index (κ1) is 8.76. The van der Waals surface area contributed by atoms with Crippen molar-refractivity contribution in [2.45, 2.75) is 34.1 Å². The van der Waals surface area contributed by atoms with Gasteiger partial charge >= 0.3 is 0 Å². The number of Topliss-reactive ketones (excluding diaryl/α,β-unsaturated/α-hetero) is 1. The Morgan fingerprint density at radius 2 is 1.82 bits per heavy atom. The Labute approximate surface area is 69.2 Å². The van der Waals surface area contributed by atoms with E-state index in [9.17, 15) is 4.79 Å². The van der Waals surface area contributed by atoms with Crippen molar-refractivity contribution in [2.75, 3.05) is 0 Å². The van der Waals surface area contributed by atoms with E-state index in [0.717, 1.165) is 6.42 Å². The van der Waals surface area contributed by atoms with Crippen LogP contribution in [0.15, 0.2) is 0 Å². The molecule has 0 aliphatic heterocycles. The molecule has 0 bridgehead atoms. The Bertz CT molecular complexity index is 158. The molecule has 0 amide bonds. The highest BCUT2D eigenvalue weighted by atomic mass is 16.1.